The number of hydrogen-bond acceptors (Lipinski definition) is 6. The highest BCUT2D eigenvalue weighted by Gasteiger charge is 2.36. The lowest BCUT2D eigenvalue weighted by atomic mass is 10.1. The van der Waals surface area contributed by atoms with Gasteiger partial charge in [0.05, 0.1) is 37.5 Å². The number of nitrogens with zero attached hydrogens (tertiary/aromatic N) is 2. The molecule has 2 aliphatic heterocycles. The van der Waals surface area contributed by atoms with Crippen molar-refractivity contribution >= 4 is 29.2 Å². The standard InChI is InChI=1S/C24H27N3O5/c1-31-24(30)20-4-2-3-5-21(20)27-16-18(14-22(27)28)23(29)25-19-8-6-17(7-9-19)15-26-10-12-32-13-11-26/h2-9,18H,10-16H2,1H3,(H,25,29). The van der Waals surface area contributed by atoms with Gasteiger partial charge in [-0.3, -0.25) is 14.5 Å². The molecule has 1 atom stereocenters. The molecule has 0 spiro atoms. The van der Waals surface area contributed by atoms with Crippen LogP contribution in [0, 0.1) is 5.92 Å². The van der Waals surface area contributed by atoms with Crippen LogP contribution in [0.3, 0.4) is 0 Å². The van der Waals surface area contributed by atoms with Crippen molar-refractivity contribution in [2.75, 3.05) is 50.2 Å². The van der Waals surface area contributed by atoms with Crippen molar-refractivity contribution in [1.29, 1.82) is 0 Å². The summed E-state index contributed by atoms with van der Waals surface area (Å²) in [5, 5.41) is 2.91. The Morgan fingerprint density at radius 2 is 1.81 bits per heavy atom. The van der Waals surface area contributed by atoms with Gasteiger partial charge in [-0.1, -0.05) is 24.3 Å². The first-order valence-electron chi connectivity index (χ1n) is 10.7. The molecule has 0 aliphatic carbocycles. The number of para-hydroxylation sites is 1. The molecule has 4 rings (SSSR count). The number of carbonyl (C=O) groups excluding carboxylic acids is 3. The molecule has 1 N–H and O–H groups in total. The van der Waals surface area contributed by atoms with Gasteiger partial charge in [0.25, 0.3) is 0 Å². The highest BCUT2D eigenvalue weighted by Crippen LogP contribution is 2.29. The molecule has 2 saturated heterocycles. The van der Waals surface area contributed by atoms with Gasteiger partial charge in [0.1, 0.15) is 0 Å². The smallest absolute Gasteiger partial charge is 0.339 e. The fraction of sp³-hybridized carbons (Fsp3) is 0.375. The molecule has 0 bridgehead atoms. The van der Waals surface area contributed by atoms with Gasteiger partial charge in [0.2, 0.25) is 11.8 Å². The van der Waals surface area contributed by atoms with Crippen LogP contribution in [0.15, 0.2) is 48.5 Å². The zero-order chi connectivity index (χ0) is 22.5. The van der Waals surface area contributed by atoms with Crippen molar-refractivity contribution in [1.82, 2.24) is 4.90 Å². The highest BCUT2D eigenvalue weighted by molar-refractivity contribution is 6.07. The Morgan fingerprint density at radius 3 is 2.53 bits per heavy atom. The minimum atomic E-state index is -0.515. The number of methoxy groups -OCH3 is 1. The van der Waals surface area contributed by atoms with Crippen molar-refractivity contribution in [3.05, 3.63) is 59.7 Å². The average Bonchev–Trinajstić information content (AvgIpc) is 3.22. The molecule has 2 aromatic carbocycles. The molecule has 0 radical (unpaired) electrons. The number of morpholine rings is 1. The van der Waals surface area contributed by atoms with Gasteiger partial charge in [-0.15, -0.1) is 0 Å². The van der Waals surface area contributed by atoms with Crippen LogP contribution in [0.2, 0.25) is 0 Å². The van der Waals surface area contributed by atoms with Crippen LogP contribution in [-0.2, 0) is 25.6 Å². The molecule has 2 aliphatic rings. The van der Waals surface area contributed by atoms with E-state index in [1.54, 1.807) is 24.3 Å². The van der Waals surface area contributed by atoms with Crippen LogP contribution < -0.4 is 10.2 Å². The van der Waals surface area contributed by atoms with E-state index in [1.165, 1.54) is 17.6 Å². The lowest BCUT2D eigenvalue weighted by Gasteiger charge is -2.26. The Kier molecular flexibility index (Phi) is 6.82. The zero-order valence-electron chi connectivity index (χ0n) is 18.1. The number of hydrogen-bond donors (Lipinski definition) is 1. The third-order valence-electron chi connectivity index (χ3n) is 5.83. The van der Waals surface area contributed by atoms with Crippen molar-refractivity contribution in [3.8, 4) is 0 Å². The van der Waals surface area contributed by atoms with Crippen LogP contribution >= 0.6 is 0 Å². The molecule has 2 aromatic rings. The van der Waals surface area contributed by atoms with E-state index in [0.717, 1.165) is 32.8 Å². The molecule has 168 valence electrons. The summed E-state index contributed by atoms with van der Waals surface area (Å²) in [7, 11) is 1.30. The summed E-state index contributed by atoms with van der Waals surface area (Å²) in [6, 6.07) is 14.5. The van der Waals surface area contributed by atoms with E-state index >= 15 is 0 Å². The Labute approximate surface area is 187 Å². The Balaban J connectivity index is 1.37. The van der Waals surface area contributed by atoms with E-state index < -0.39 is 11.9 Å². The molecule has 1 unspecified atom stereocenters. The van der Waals surface area contributed by atoms with Crippen LogP contribution in [-0.4, -0.2) is 62.6 Å². The zero-order valence-corrected chi connectivity index (χ0v) is 18.1. The highest BCUT2D eigenvalue weighted by atomic mass is 16.5. The monoisotopic (exact) mass is 437 g/mol. The average molecular weight is 437 g/mol. The van der Waals surface area contributed by atoms with E-state index in [-0.39, 0.29) is 24.8 Å². The molecule has 8 heteroatoms. The number of carbonyl (C=O) groups is 3. The van der Waals surface area contributed by atoms with Crippen LogP contribution in [0.1, 0.15) is 22.3 Å². The van der Waals surface area contributed by atoms with E-state index in [2.05, 4.69) is 10.2 Å². The summed E-state index contributed by atoms with van der Waals surface area (Å²) < 4.78 is 10.2. The third kappa shape index (κ3) is 4.98. The molecule has 2 heterocycles. The first kappa shape index (κ1) is 22.0. The van der Waals surface area contributed by atoms with Crippen molar-refractivity contribution < 1.29 is 23.9 Å². The minimum absolute atomic E-state index is 0.0937. The van der Waals surface area contributed by atoms with Gasteiger partial charge >= 0.3 is 5.97 Å². The molecular weight excluding hydrogens is 410 g/mol. The molecule has 32 heavy (non-hydrogen) atoms. The Hall–Kier alpha value is -3.23. The topological polar surface area (TPSA) is 88.2 Å². The maximum absolute atomic E-state index is 12.8. The Bertz CT molecular complexity index is 985. The molecule has 2 fully saturated rings. The van der Waals surface area contributed by atoms with Gasteiger partial charge in [0.15, 0.2) is 0 Å². The van der Waals surface area contributed by atoms with Gasteiger partial charge in [-0.2, -0.15) is 0 Å². The lowest BCUT2D eigenvalue weighted by Crippen LogP contribution is -2.35. The van der Waals surface area contributed by atoms with E-state index in [1.807, 2.05) is 24.3 Å². The first-order chi connectivity index (χ1) is 15.5. The summed E-state index contributed by atoms with van der Waals surface area (Å²) in [5.74, 6) is -1.42. The summed E-state index contributed by atoms with van der Waals surface area (Å²) in [4.78, 5) is 41.3. The molecule has 0 saturated carbocycles. The molecular formula is C24H27N3O5. The van der Waals surface area contributed by atoms with E-state index in [9.17, 15) is 14.4 Å². The predicted octanol–water partition coefficient (Wildman–Crippen LogP) is 2.30. The minimum Gasteiger partial charge on any atom is -0.465 e. The number of esters is 1. The molecule has 0 aromatic heterocycles. The van der Waals surface area contributed by atoms with Crippen molar-refractivity contribution in [3.63, 3.8) is 0 Å². The number of rotatable bonds is 6. The summed E-state index contributed by atoms with van der Waals surface area (Å²) >= 11 is 0. The first-order valence-corrected chi connectivity index (χ1v) is 10.7. The summed E-state index contributed by atoms with van der Waals surface area (Å²) in [6.45, 7) is 4.43. The third-order valence-corrected chi connectivity index (χ3v) is 5.83. The SMILES string of the molecule is COC(=O)c1ccccc1N1CC(C(=O)Nc2ccc(CN3CCOCC3)cc2)CC1=O. The van der Waals surface area contributed by atoms with Crippen molar-refractivity contribution in [2.24, 2.45) is 5.92 Å². The fourth-order valence-corrected chi connectivity index (χ4v) is 4.06. The fourth-order valence-electron chi connectivity index (χ4n) is 4.06. The van der Waals surface area contributed by atoms with Crippen LogP contribution in [0.5, 0.6) is 0 Å². The maximum atomic E-state index is 12.8. The van der Waals surface area contributed by atoms with E-state index in [4.69, 9.17) is 9.47 Å². The summed E-state index contributed by atoms with van der Waals surface area (Å²) in [5.41, 5.74) is 2.64. The van der Waals surface area contributed by atoms with Gasteiger partial charge in [-0.05, 0) is 29.8 Å². The quantitative estimate of drug-likeness (QED) is 0.698. The number of benzene rings is 2. The van der Waals surface area contributed by atoms with Gasteiger partial charge < -0.3 is 19.7 Å². The lowest BCUT2D eigenvalue weighted by molar-refractivity contribution is -0.122. The molecule has 8 nitrogen and oxygen atoms in total. The number of amides is 2. The Morgan fingerprint density at radius 1 is 1.09 bits per heavy atom. The second-order valence-corrected chi connectivity index (χ2v) is 7.99. The number of ether oxygens (including phenoxy) is 2. The van der Waals surface area contributed by atoms with Crippen LogP contribution in [0.25, 0.3) is 0 Å². The number of nitrogens with one attached hydrogen (secondary N) is 1. The number of anilines is 2. The van der Waals surface area contributed by atoms with Crippen LogP contribution in [0.4, 0.5) is 11.4 Å². The predicted molar refractivity (Wildman–Crippen MR) is 119 cm³/mol. The maximum Gasteiger partial charge on any atom is 0.339 e. The second kappa shape index (κ2) is 9.93. The normalized spacial score (nSPS) is 19.1. The summed E-state index contributed by atoms with van der Waals surface area (Å²) in [6.07, 6.45) is 0.0937. The van der Waals surface area contributed by atoms with Crippen molar-refractivity contribution in [2.45, 2.75) is 13.0 Å². The van der Waals surface area contributed by atoms with Gasteiger partial charge in [0, 0.05) is 38.3 Å². The molecule has 2 amide bonds. The second-order valence-electron chi connectivity index (χ2n) is 7.99. The largest absolute Gasteiger partial charge is 0.465 e. The van der Waals surface area contributed by atoms with E-state index in [0.29, 0.717) is 16.9 Å². The van der Waals surface area contributed by atoms with Gasteiger partial charge in [-0.25, -0.2) is 4.79 Å².